The van der Waals surface area contributed by atoms with Crippen molar-refractivity contribution in [3.05, 3.63) is 66.2 Å². The number of benzene rings is 2. The summed E-state index contributed by atoms with van der Waals surface area (Å²) in [6, 6.07) is 12.8. The standard InChI is InChI=1S/C17H16FN5O2/c1-12(13-2-4-14(18)5-3-13)20-17(24)10-25-16-8-6-15(7-9-16)23-11-19-21-22-23/h2-9,11-12H,10H2,1H3,(H,20,24)/t12-/m0/s1. The van der Waals surface area contributed by atoms with Crippen LogP contribution in [0.5, 0.6) is 5.75 Å². The summed E-state index contributed by atoms with van der Waals surface area (Å²) in [7, 11) is 0. The Morgan fingerprint density at radius 2 is 1.92 bits per heavy atom. The third-order valence-electron chi connectivity index (χ3n) is 3.57. The first kappa shape index (κ1) is 16.6. The van der Waals surface area contributed by atoms with Crippen LogP contribution in [-0.4, -0.2) is 32.7 Å². The number of tetrazole rings is 1. The molecule has 8 heteroatoms. The molecular weight excluding hydrogens is 325 g/mol. The first-order valence-corrected chi connectivity index (χ1v) is 7.63. The zero-order chi connectivity index (χ0) is 17.6. The van der Waals surface area contributed by atoms with Gasteiger partial charge in [0.2, 0.25) is 0 Å². The molecule has 7 nitrogen and oxygen atoms in total. The minimum Gasteiger partial charge on any atom is -0.484 e. The number of nitrogens with one attached hydrogen (secondary N) is 1. The Hall–Kier alpha value is -3.29. The highest BCUT2D eigenvalue weighted by molar-refractivity contribution is 5.78. The van der Waals surface area contributed by atoms with Gasteiger partial charge in [-0.05, 0) is 59.3 Å². The molecule has 0 unspecified atom stereocenters. The van der Waals surface area contributed by atoms with E-state index in [0.717, 1.165) is 11.3 Å². The Morgan fingerprint density at radius 1 is 1.20 bits per heavy atom. The molecule has 1 heterocycles. The van der Waals surface area contributed by atoms with E-state index in [1.807, 2.05) is 6.92 Å². The van der Waals surface area contributed by atoms with Crippen molar-refractivity contribution in [3.63, 3.8) is 0 Å². The molecule has 3 rings (SSSR count). The van der Waals surface area contributed by atoms with Crippen molar-refractivity contribution >= 4 is 5.91 Å². The van der Waals surface area contributed by atoms with Crippen molar-refractivity contribution in [2.75, 3.05) is 6.61 Å². The smallest absolute Gasteiger partial charge is 0.258 e. The molecule has 0 saturated carbocycles. The average molecular weight is 341 g/mol. The van der Waals surface area contributed by atoms with Crippen LogP contribution in [0.4, 0.5) is 4.39 Å². The molecule has 1 atom stereocenters. The highest BCUT2D eigenvalue weighted by Crippen LogP contribution is 2.15. The second-order valence-electron chi connectivity index (χ2n) is 5.38. The zero-order valence-corrected chi connectivity index (χ0v) is 13.5. The van der Waals surface area contributed by atoms with Crippen molar-refractivity contribution in [2.45, 2.75) is 13.0 Å². The Kier molecular flexibility index (Phi) is 4.98. The molecule has 0 aliphatic carbocycles. The summed E-state index contributed by atoms with van der Waals surface area (Å²) in [5.41, 5.74) is 1.60. The third-order valence-corrected chi connectivity index (χ3v) is 3.57. The minimum atomic E-state index is -0.310. The van der Waals surface area contributed by atoms with Crippen molar-refractivity contribution < 1.29 is 13.9 Å². The van der Waals surface area contributed by atoms with Gasteiger partial charge in [-0.3, -0.25) is 4.79 Å². The molecule has 2 aromatic carbocycles. The van der Waals surface area contributed by atoms with Gasteiger partial charge in [0.1, 0.15) is 17.9 Å². The molecule has 0 saturated heterocycles. The number of halogens is 1. The lowest BCUT2D eigenvalue weighted by Gasteiger charge is -2.14. The number of hydrogen-bond acceptors (Lipinski definition) is 5. The second-order valence-corrected chi connectivity index (χ2v) is 5.38. The summed E-state index contributed by atoms with van der Waals surface area (Å²) < 4.78 is 19.9. The van der Waals surface area contributed by atoms with Crippen LogP contribution in [0.15, 0.2) is 54.9 Å². The van der Waals surface area contributed by atoms with Crippen LogP contribution in [0.3, 0.4) is 0 Å². The molecule has 1 aromatic heterocycles. The first-order chi connectivity index (χ1) is 12.1. The van der Waals surface area contributed by atoms with Crippen LogP contribution in [0, 0.1) is 5.82 Å². The average Bonchev–Trinajstić information content (AvgIpc) is 3.15. The fraction of sp³-hybridized carbons (Fsp3) is 0.176. The van der Waals surface area contributed by atoms with E-state index in [1.165, 1.54) is 23.1 Å². The van der Waals surface area contributed by atoms with Gasteiger partial charge in [-0.15, -0.1) is 5.10 Å². The Bertz CT molecular complexity index is 819. The number of hydrogen-bond donors (Lipinski definition) is 1. The van der Waals surface area contributed by atoms with Gasteiger partial charge in [0.25, 0.3) is 5.91 Å². The van der Waals surface area contributed by atoms with Crippen molar-refractivity contribution in [2.24, 2.45) is 0 Å². The highest BCUT2D eigenvalue weighted by atomic mass is 19.1. The van der Waals surface area contributed by atoms with Crippen molar-refractivity contribution in [1.82, 2.24) is 25.5 Å². The normalized spacial score (nSPS) is 11.8. The van der Waals surface area contributed by atoms with Crippen LogP contribution < -0.4 is 10.1 Å². The maximum atomic E-state index is 12.9. The third kappa shape index (κ3) is 4.37. The SMILES string of the molecule is C[C@H](NC(=O)COc1ccc(-n2cnnn2)cc1)c1ccc(F)cc1. The fourth-order valence-electron chi connectivity index (χ4n) is 2.24. The molecule has 1 N–H and O–H groups in total. The van der Waals surface area contributed by atoms with Gasteiger partial charge in [-0.2, -0.15) is 0 Å². The van der Waals surface area contributed by atoms with Gasteiger partial charge in [0.15, 0.2) is 6.61 Å². The summed E-state index contributed by atoms with van der Waals surface area (Å²) in [6.45, 7) is 1.71. The number of nitrogens with zero attached hydrogens (tertiary/aromatic N) is 4. The van der Waals surface area contributed by atoms with Gasteiger partial charge in [0, 0.05) is 0 Å². The van der Waals surface area contributed by atoms with Gasteiger partial charge in [-0.25, -0.2) is 9.07 Å². The van der Waals surface area contributed by atoms with Gasteiger partial charge >= 0.3 is 0 Å². The maximum Gasteiger partial charge on any atom is 0.258 e. The molecule has 25 heavy (non-hydrogen) atoms. The Labute approximate surface area is 143 Å². The lowest BCUT2D eigenvalue weighted by molar-refractivity contribution is -0.123. The largest absolute Gasteiger partial charge is 0.484 e. The van der Waals surface area contributed by atoms with Crippen molar-refractivity contribution in [3.8, 4) is 11.4 Å². The summed E-state index contributed by atoms with van der Waals surface area (Å²) in [5, 5.41) is 13.7. The fourth-order valence-corrected chi connectivity index (χ4v) is 2.24. The number of carbonyl (C=O) groups is 1. The van der Waals surface area contributed by atoms with E-state index in [9.17, 15) is 9.18 Å². The summed E-state index contributed by atoms with van der Waals surface area (Å²) in [5.74, 6) is -0.0153. The lowest BCUT2D eigenvalue weighted by Crippen LogP contribution is -2.31. The molecule has 0 radical (unpaired) electrons. The van der Waals surface area contributed by atoms with Crippen molar-refractivity contribution in [1.29, 1.82) is 0 Å². The second kappa shape index (κ2) is 7.52. The molecule has 128 valence electrons. The minimum absolute atomic E-state index is 0.115. The molecule has 3 aromatic rings. The molecule has 0 spiro atoms. The van der Waals surface area contributed by atoms with Crippen LogP contribution in [-0.2, 0) is 4.79 Å². The van der Waals surface area contributed by atoms with Gasteiger partial charge in [0.05, 0.1) is 11.7 Å². The highest BCUT2D eigenvalue weighted by Gasteiger charge is 2.10. The molecule has 0 aliphatic rings. The maximum absolute atomic E-state index is 12.9. The monoisotopic (exact) mass is 341 g/mol. The summed E-state index contributed by atoms with van der Waals surface area (Å²) >= 11 is 0. The molecule has 0 fully saturated rings. The van der Waals surface area contributed by atoms with E-state index in [4.69, 9.17) is 4.74 Å². The van der Waals surface area contributed by atoms with Gasteiger partial charge in [-0.1, -0.05) is 12.1 Å². The predicted octanol–water partition coefficient (Wildman–Crippen LogP) is 2.06. The molecule has 0 bridgehead atoms. The first-order valence-electron chi connectivity index (χ1n) is 7.63. The van der Waals surface area contributed by atoms with E-state index in [1.54, 1.807) is 36.4 Å². The topological polar surface area (TPSA) is 81.9 Å². The van der Waals surface area contributed by atoms with Crippen LogP contribution in [0.2, 0.25) is 0 Å². The summed E-state index contributed by atoms with van der Waals surface area (Å²) in [4.78, 5) is 12.0. The van der Waals surface area contributed by atoms with Crippen LogP contribution in [0.1, 0.15) is 18.5 Å². The Morgan fingerprint density at radius 3 is 2.56 bits per heavy atom. The summed E-state index contributed by atoms with van der Waals surface area (Å²) in [6.07, 6.45) is 1.49. The quantitative estimate of drug-likeness (QED) is 0.742. The Balaban J connectivity index is 1.51. The number of ether oxygens (including phenoxy) is 1. The lowest BCUT2D eigenvalue weighted by atomic mass is 10.1. The van der Waals surface area contributed by atoms with E-state index in [0.29, 0.717) is 5.75 Å². The molecule has 0 aliphatic heterocycles. The zero-order valence-electron chi connectivity index (χ0n) is 13.5. The van der Waals surface area contributed by atoms with Crippen LogP contribution >= 0.6 is 0 Å². The number of aromatic nitrogens is 4. The van der Waals surface area contributed by atoms with Gasteiger partial charge < -0.3 is 10.1 Å². The predicted molar refractivity (Wildman–Crippen MR) is 87.6 cm³/mol. The molecular formula is C17H16FN5O2. The molecule has 1 amide bonds. The van der Waals surface area contributed by atoms with E-state index >= 15 is 0 Å². The van der Waals surface area contributed by atoms with Crippen LogP contribution in [0.25, 0.3) is 5.69 Å². The number of amides is 1. The van der Waals surface area contributed by atoms with E-state index in [-0.39, 0.29) is 24.4 Å². The van der Waals surface area contributed by atoms with E-state index < -0.39 is 0 Å². The number of carbonyl (C=O) groups excluding carboxylic acids is 1. The van der Waals surface area contributed by atoms with E-state index in [2.05, 4.69) is 20.8 Å². The number of rotatable bonds is 6.